The molecule has 0 fully saturated rings. The van der Waals surface area contributed by atoms with Gasteiger partial charge in [0, 0.05) is 4.88 Å². The zero-order valence-corrected chi connectivity index (χ0v) is 12.6. The number of hydrogen-bond donors (Lipinski definition) is 1. The number of hydrogen-bond acceptors (Lipinski definition) is 3. The molecule has 0 saturated heterocycles. The lowest BCUT2D eigenvalue weighted by Gasteiger charge is -2.17. The molecule has 1 N–H and O–H groups in total. The van der Waals surface area contributed by atoms with E-state index >= 15 is 0 Å². The molecule has 3 nitrogen and oxygen atoms in total. The van der Waals surface area contributed by atoms with Crippen molar-refractivity contribution >= 4 is 17.3 Å². The molecule has 0 amide bonds. The maximum Gasteiger partial charge on any atom is 0.349 e. The lowest BCUT2D eigenvalue weighted by molar-refractivity contribution is 0.0697. The van der Waals surface area contributed by atoms with Gasteiger partial charge in [0.05, 0.1) is 6.61 Å². The molecular formula is C14H22O3S. The number of carboxylic acids is 1. The fraction of sp³-hybridized carbons (Fsp3) is 0.643. The summed E-state index contributed by atoms with van der Waals surface area (Å²) in [4.78, 5) is 12.5. The highest BCUT2D eigenvalue weighted by Crippen LogP contribution is 2.34. The highest BCUT2D eigenvalue weighted by atomic mass is 32.1. The first-order chi connectivity index (χ1) is 8.20. The van der Waals surface area contributed by atoms with Crippen molar-refractivity contribution in [3.63, 3.8) is 0 Å². The van der Waals surface area contributed by atoms with Crippen LogP contribution in [0.1, 0.15) is 61.5 Å². The van der Waals surface area contributed by atoms with Crippen LogP contribution < -0.4 is 4.74 Å². The van der Waals surface area contributed by atoms with Gasteiger partial charge in [-0.25, -0.2) is 4.79 Å². The first-order valence-electron chi connectivity index (χ1n) is 6.20. The molecule has 0 radical (unpaired) electrons. The predicted octanol–water partition coefficient (Wildman–Crippen LogP) is 4.38. The van der Waals surface area contributed by atoms with E-state index in [0.29, 0.717) is 23.2 Å². The van der Waals surface area contributed by atoms with Crippen molar-refractivity contribution in [3.8, 4) is 5.75 Å². The van der Waals surface area contributed by atoms with Crippen LogP contribution in [0.3, 0.4) is 0 Å². The number of aromatic carboxylic acids is 1. The molecule has 0 saturated carbocycles. The lowest BCUT2D eigenvalue weighted by atomic mass is 9.93. The number of ether oxygens (including phenoxy) is 1. The van der Waals surface area contributed by atoms with Gasteiger partial charge in [-0.1, -0.05) is 34.6 Å². The summed E-state index contributed by atoms with van der Waals surface area (Å²) in [7, 11) is 0. The molecule has 1 aromatic rings. The molecule has 0 bridgehead atoms. The Morgan fingerprint density at radius 2 is 2.06 bits per heavy atom. The van der Waals surface area contributed by atoms with Crippen molar-refractivity contribution in [2.75, 3.05) is 6.61 Å². The average molecular weight is 270 g/mol. The summed E-state index contributed by atoms with van der Waals surface area (Å²) < 4.78 is 5.63. The monoisotopic (exact) mass is 270 g/mol. The van der Waals surface area contributed by atoms with Crippen molar-refractivity contribution < 1.29 is 14.6 Å². The lowest BCUT2D eigenvalue weighted by Crippen LogP contribution is -2.11. The van der Waals surface area contributed by atoms with Crippen molar-refractivity contribution in [2.24, 2.45) is 5.41 Å². The third-order valence-electron chi connectivity index (χ3n) is 2.59. The molecule has 4 heteroatoms. The Kier molecular flexibility index (Phi) is 4.79. The summed E-state index contributed by atoms with van der Waals surface area (Å²) in [5, 5.41) is 9.15. The average Bonchev–Trinajstić information content (AvgIpc) is 2.59. The van der Waals surface area contributed by atoms with Gasteiger partial charge in [-0.15, -0.1) is 11.3 Å². The molecule has 0 aliphatic rings. The van der Waals surface area contributed by atoms with Gasteiger partial charge in [0.2, 0.25) is 0 Å². The topological polar surface area (TPSA) is 46.5 Å². The first-order valence-corrected chi connectivity index (χ1v) is 7.02. The Hall–Kier alpha value is -1.03. The number of rotatable bonds is 5. The van der Waals surface area contributed by atoms with Crippen molar-refractivity contribution in [1.29, 1.82) is 0 Å². The smallest absolute Gasteiger partial charge is 0.349 e. The zero-order valence-electron chi connectivity index (χ0n) is 11.7. The minimum atomic E-state index is -0.905. The van der Waals surface area contributed by atoms with Gasteiger partial charge < -0.3 is 9.84 Å². The van der Waals surface area contributed by atoms with E-state index in [9.17, 15) is 4.79 Å². The summed E-state index contributed by atoms with van der Waals surface area (Å²) in [6.45, 7) is 11.1. The second-order valence-electron chi connectivity index (χ2n) is 5.96. The fourth-order valence-electron chi connectivity index (χ4n) is 1.40. The molecule has 0 aromatic carbocycles. The SMILES string of the molecule is CC(C)c1cc(OCCC(C)(C)C)c(C(=O)O)s1. The zero-order chi connectivity index (χ0) is 13.9. The van der Waals surface area contributed by atoms with E-state index in [2.05, 4.69) is 34.6 Å². The Labute approximate surface area is 113 Å². The molecule has 0 unspecified atom stereocenters. The second-order valence-corrected chi connectivity index (χ2v) is 7.04. The standard InChI is InChI=1S/C14H22O3S/c1-9(2)11-8-10(12(18-11)13(15)16)17-7-6-14(3,4)5/h8-9H,6-7H2,1-5H3,(H,15,16). The third-order valence-corrected chi connectivity index (χ3v) is 3.99. The Morgan fingerprint density at radius 1 is 1.44 bits per heavy atom. The number of thiophene rings is 1. The Bertz CT molecular complexity index is 413. The largest absolute Gasteiger partial charge is 0.492 e. The first kappa shape index (κ1) is 15.0. The van der Waals surface area contributed by atoms with Crippen LogP contribution in [0.4, 0.5) is 0 Å². The Balaban J connectivity index is 2.77. The summed E-state index contributed by atoms with van der Waals surface area (Å²) in [6, 6.07) is 1.86. The van der Waals surface area contributed by atoms with Gasteiger partial charge in [0.25, 0.3) is 0 Å². The van der Waals surface area contributed by atoms with E-state index in [0.717, 1.165) is 11.3 Å². The van der Waals surface area contributed by atoms with Crippen LogP contribution in [0.25, 0.3) is 0 Å². The van der Waals surface area contributed by atoms with E-state index < -0.39 is 5.97 Å². The molecule has 0 spiro atoms. The number of carboxylic acid groups (broad SMARTS) is 1. The molecule has 1 aromatic heterocycles. The molecule has 102 valence electrons. The molecule has 18 heavy (non-hydrogen) atoms. The number of carbonyl (C=O) groups is 1. The minimum Gasteiger partial charge on any atom is -0.492 e. The van der Waals surface area contributed by atoms with Crippen LogP contribution in [0.2, 0.25) is 0 Å². The highest BCUT2D eigenvalue weighted by molar-refractivity contribution is 7.14. The van der Waals surface area contributed by atoms with Gasteiger partial charge in [0.1, 0.15) is 5.75 Å². The summed E-state index contributed by atoms with van der Waals surface area (Å²) in [5.41, 5.74) is 0.195. The van der Waals surface area contributed by atoms with Gasteiger partial charge in [-0.3, -0.25) is 0 Å². The maximum atomic E-state index is 11.1. The van der Waals surface area contributed by atoms with Crippen LogP contribution in [0.15, 0.2) is 6.07 Å². The quantitative estimate of drug-likeness (QED) is 0.863. The third kappa shape index (κ3) is 4.33. The highest BCUT2D eigenvalue weighted by Gasteiger charge is 2.19. The van der Waals surface area contributed by atoms with Gasteiger partial charge in [-0.05, 0) is 23.8 Å². The van der Waals surface area contributed by atoms with Crippen LogP contribution in [0, 0.1) is 5.41 Å². The van der Waals surface area contributed by atoms with Crippen LogP contribution in [-0.4, -0.2) is 17.7 Å². The molecule has 1 rings (SSSR count). The van der Waals surface area contributed by atoms with Gasteiger partial charge in [0.15, 0.2) is 4.88 Å². The van der Waals surface area contributed by atoms with Gasteiger partial charge in [-0.2, -0.15) is 0 Å². The van der Waals surface area contributed by atoms with Crippen molar-refractivity contribution in [1.82, 2.24) is 0 Å². The molecule has 0 aliphatic carbocycles. The van der Waals surface area contributed by atoms with E-state index in [1.165, 1.54) is 11.3 Å². The van der Waals surface area contributed by atoms with E-state index in [1.54, 1.807) is 0 Å². The second kappa shape index (κ2) is 5.74. The molecular weight excluding hydrogens is 248 g/mol. The van der Waals surface area contributed by atoms with Crippen LogP contribution in [-0.2, 0) is 0 Å². The normalized spacial score (nSPS) is 11.9. The summed E-state index contributed by atoms with van der Waals surface area (Å²) in [5.74, 6) is -0.0637. The molecule has 0 aliphatic heterocycles. The van der Waals surface area contributed by atoms with Gasteiger partial charge >= 0.3 is 5.97 Å². The van der Waals surface area contributed by atoms with Crippen molar-refractivity contribution in [2.45, 2.75) is 47.0 Å². The van der Waals surface area contributed by atoms with E-state index in [-0.39, 0.29) is 5.41 Å². The molecule has 1 heterocycles. The van der Waals surface area contributed by atoms with Crippen LogP contribution >= 0.6 is 11.3 Å². The molecule has 0 atom stereocenters. The minimum absolute atomic E-state index is 0.195. The van der Waals surface area contributed by atoms with E-state index in [4.69, 9.17) is 9.84 Å². The van der Waals surface area contributed by atoms with E-state index in [1.807, 2.05) is 6.07 Å². The maximum absolute atomic E-state index is 11.1. The fourth-order valence-corrected chi connectivity index (χ4v) is 2.34. The predicted molar refractivity (Wildman–Crippen MR) is 74.9 cm³/mol. The summed E-state index contributed by atoms with van der Waals surface area (Å²) >= 11 is 1.31. The van der Waals surface area contributed by atoms with Crippen molar-refractivity contribution in [3.05, 3.63) is 15.8 Å². The summed E-state index contributed by atoms with van der Waals surface area (Å²) in [6.07, 6.45) is 0.902. The Morgan fingerprint density at radius 3 is 2.50 bits per heavy atom. The van der Waals surface area contributed by atoms with Crippen LogP contribution in [0.5, 0.6) is 5.75 Å².